The van der Waals surface area contributed by atoms with Crippen LogP contribution in [-0.2, 0) is 9.59 Å². The van der Waals surface area contributed by atoms with Crippen molar-refractivity contribution in [2.75, 3.05) is 12.4 Å². The summed E-state index contributed by atoms with van der Waals surface area (Å²) in [6.07, 6.45) is 0. The molecule has 0 fully saturated rings. The standard InChI is InChI=1S/C20H19NO6S2/c22-11-15(18(24)25)21-17(23)16(29-20(27)14-9-5-2-6-10-14)12-28-19(26)13-7-3-1-4-8-13/h1-10,15-16,22H,11-12H2,(H,21,23)(H,24,25)/t15-,16?/m0/s1. The van der Waals surface area contributed by atoms with Gasteiger partial charge in [0.1, 0.15) is 11.3 Å². The molecule has 0 spiro atoms. The molecular formula is C20H19NO6S2. The first-order valence-electron chi connectivity index (χ1n) is 8.54. The third-order valence-corrected chi connectivity index (χ3v) is 6.05. The number of benzene rings is 2. The highest BCUT2D eigenvalue weighted by atomic mass is 32.2. The quantitative estimate of drug-likeness (QED) is 0.550. The number of carboxylic acid groups (broad SMARTS) is 1. The zero-order valence-electron chi connectivity index (χ0n) is 15.2. The molecule has 2 aromatic rings. The molecule has 2 aromatic carbocycles. The maximum atomic E-state index is 12.5. The second-order valence-corrected chi connectivity index (χ2v) is 7.97. The van der Waals surface area contributed by atoms with Crippen molar-refractivity contribution in [3.8, 4) is 0 Å². The van der Waals surface area contributed by atoms with Crippen molar-refractivity contribution in [1.29, 1.82) is 0 Å². The molecule has 29 heavy (non-hydrogen) atoms. The fraction of sp³-hybridized carbons (Fsp3) is 0.200. The van der Waals surface area contributed by atoms with Crippen molar-refractivity contribution < 1.29 is 29.4 Å². The first-order valence-corrected chi connectivity index (χ1v) is 10.4. The Bertz CT molecular complexity index is 860. The van der Waals surface area contributed by atoms with Crippen LogP contribution >= 0.6 is 23.5 Å². The van der Waals surface area contributed by atoms with Crippen molar-refractivity contribution in [2.45, 2.75) is 11.3 Å². The molecule has 0 saturated heterocycles. The van der Waals surface area contributed by atoms with Gasteiger partial charge in [-0.1, -0.05) is 84.2 Å². The van der Waals surface area contributed by atoms with Crippen molar-refractivity contribution >= 4 is 45.6 Å². The van der Waals surface area contributed by atoms with Crippen LogP contribution in [0.2, 0.25) is 0 Å². The second-order valence-electron chi connectivity index (χ2n) is 5.81. The zero-order chi connectivity index (χ0) is 21.2. The molecule has 3 N–H and O–H groups in total. The van der Waals surface area contributed by atoms with E-state index >= 15 is 0 Å². The molecule has 0 aromatic heterocycles. The summed E-state index contributed by atoms with van der Waals surface area (Å²) in [7, 11) is 0. The number of aliphatic hydroxyl groups is 1. The first kappa shape index (κ1) is 22.7. The van der Waals surface area contributed by atoms with Crippen LogP contribution in [-0.4, -0.2) is 56.0 Å². The Balaban J connectivity index is 2.11. The highest BCUT2D eigenvalue weighted by Gasteiger charge is 2.28. The summed E-state index contributed by atoms with van der Waals surface area (Å²) in [6, 6.07) is 15.3. The zero-order valence-corrected chi connectivity index (χ0v) is 16.8. The summed E-state index contributed by atoms with van der Waals surface area (Å²) in [5, 5.41) is 18.7. The van der Waals surface area contributed by atoms with E-state index in [2.05, 4.69) is 5.32 Å². The summed E-state index contributed by atoms with van der Waals surface area (Å²) in [5.41, 5.74) is 0.835. The van der Waals surface area contributed by atoms with Crippen molar-refractivity contribution in [3.05, 3.63) is 71.8 Å². The predicted octanol–water partition coefficient (Wildman–Crippen LogP) is 2.06. The SMILES string of the molecule is O=C(SCC(SC(=O)c1ccccc1)C(=O)N[C@@H](CO)C(=O)O)c1ccccc1. The first-order chi connectivity index (χ1) is 13.9. The predicted molar refractivity (Wildman–Crippen MR) is 112 cm³/mol. The topological polar surface area (TPSA) is 121 Å². The van der Waals surface area contributed by atoms with Crippen molar-refractivity contribution in [2.24, 2.45) is 0 Å². The molecule has 0 bridgehead atoms. The summed E-state index contributed by atoms with van der Waals surface area (Å²) in [6.45, 7) is -0.790. The van der Waals surface area contributed by atoms with Gasteiger partial charge >= 0.3 is 5.97 Å². The molecular weight excluding hydrogens is 414 g/mol. The molecule has 0 radical (unpaired) electrons. The van der Waals surface area contributed by atoms with Crippen LogP contribution in [0.15, 0.2) is 60.7 Å². The van der Waals surface area contributed by atoms with Gasteiger partial charge < -0.3 is 15.5 Å². The number of hydrogen-bond acceptors (Lipinski definition) is 7. The summed E-state index contributed by atoms with van der Waals surface area (Å²) >= 11 is 1.57. The lowest BCUT2D eigenvalue weighted by Crippen LogP contribution is -2.47. The highest BCUT2D eigenvalue weighted by Crippen LogP contribution is 2.24. The number of carbonyl (C=O) groups excluding carboxylic acids is 3. The minimum atomic E-state index is -1.49. The molecule has 0 aliphatic heterocycles. The van der Waals surface area contributed by atoms with E-state index in [-0.39, 0.29) is 16.0 Å². The number of nitrogens with one attached hydrogen (secondary N) is 1. The van der Waals surface area contributed by atoms with Crippen LogP contribution in [0.1, 0.15) is 20.7 Å². The molecule has 2 atom stereocenters. The minimum Gasteiger partial charge on any atom is -0.480 e. The molecule has 7 nitrogen and oxygen atoms in total. The normalized spacial score (nSPS) is 12.6. The lowest BCUT2D eigenvalue weighted by atomic mass is 10.2. The van der Waals surface area contributed by atoms with Crippen molar-refractivity contribution in [3.63, 3.8) is 0 Å². The largest absolute Gasteiger partial charge is 0.480 e. The number of carbonyl (C=O) groups is 4. The minimum absolute atomic E-state index is 0.0411. The fourth-order valence-electron chi connectivity index (χ4n) is 2.19. The summed E-state index contributed by atoms with van der Waals surface area (Å²) in [5.74, 6) is -2.18. The van der Waals surface area contributed by atoms with E-state index in [1.54, 1.807) is 60.7 Å². The van der Waals surface area contributed by atoms with E-state index < -0.39 is 29.8 Å². The average molecular weight is 434 g/mol. The number of carboxylic acids is 1. The number of amides is 1. The van der Waals surface area contributed by atoms with Crippen LogP contribution in [0.3, 0.4) is 0 Å². The van der Waals surface area contributed by atoms with E-state index in [9.17, 15) is 19.2 Å². The molecule has 1 amide bonds. The van der Waals surface area contributed by atoms with Crippen molar-refractivity contribution in [1.82, 2.24) is 5.32 Å². The van der Waals surface area contributed by atoms with E-state index in [4.69, 9.17) is 10.2 Å². The number of hydrogen-bond donors (Lipinski definition) is 3. The maximum Gasteiger partial charge on any atom is 0.328 e. The molecule has 1 unspecified atom stereocenters. The van der Waals surface area contributed by atoms with Crippen LogP contribution in [0.4, 0.5) is 0 Å². The molecule has 2 rings (SSSR count). The van der Waals surface area contributed by atoms with Gasteiger partial charge in [0, 0.05) is 16.9 Å². The van der Waals surface area contributed by atoms with Gasteiger partial charge in [0.2, 0.25) is 16.1 Å². The molecule has 0 aliphatic rings. The Hall–Kier alpha value is -2.62. The Labute approximate surface area is 175 Å². The fourth-order valence-corrected chi connectivity index (χ4v) is 4.13. The van der Waals surface area contributed by atoms with Gasteiger partial charge in [-0.05, 0) is 0 Å². The average Bonchev–Trinajstić information content (AvgIpc) is 2.75. The van der Waals surface area contributed by atoms with E-state index in [1.165, 1.54) is 0 Å². The van der Waals surface area contributed by atoms with Gasteiger partial charge in [0.25, 0.3) is 0 Å². The second kappa shape index (κ2) is 11.4. The smallest absolute Gasteiger partial charge is 0.328 e. The summed E-state index contributed by atoms with van der Waals surface area (Å²) in [4.78, 5) is 48.4. The Morgan fingerprint density at radius 2 is 1.38 bits per heavy atom. The number of thioether (sulfide) groups is 2. The third kappa shape index (κ3) is 7.04. The highest BCUT2D eigenvalue weighted by molar-refractivity contribution is 8.18. The Kier molecular flexibility index (Phi) is 8.91. The van der Waals surface area contributed by atoms with E-state index in [1.807, 2.05) is 0 Å². The number of rotatable bonds is 9. The maximum absolute atomic E-state index is 12.5. The summed E-state index contributed by atoms with van der Waals surface area (Å²) < 4.78 is 0. The number of aliphatic carboxylic acids is 1. The molecule has 0 saturated carbocycles. The van der Waals surface area contributed by atoms with Crippen LogP contribution in [0, 0.1) is 0 Å². The van der Waals surface area contributed by atoms with Gasteiger partial charge in [-0.3, -0.25) is 14.4 Å². The Morgan fingerprint density at radius 3 is 1.86 bits per heavy atom. The lowest BCUT2D eigenvalue weighted by Gasteiger charge is -2.18. The van der Waals surface area contributed by atoms with E-state index in [0.717, 1.165) is 11.8 Å². The van der Waals surface area contributed by atoms with Gasteiger partial charge in [-0.25, -0.2) is 4.79 Å². The van der Waals surface area contributed by atoms with Gasteiger partial charge in [-0.15, -0.1) is 0 Å². The van der Waals surface area contributed by atoms with Gasteiger partial charge in [-0.2, -0.15) is 0 Å². The molecule has 0 aliphatic carbocycles. The third-order valence-electron chi connectivity index (χ3n) is 3.72. The van der Waals surface area contributed by atoms with Crippen LogP contribution < -0.4 is 5.32 Å². The van der Waals surface area contributed by atoms with E-state index in [0.29, 0.717) is 22.9 Å². The molecule has 0 heterocycles. The number of aliphatic hydroxyl groups excluding tert-OH is 1. The van der Waals surface area contributed by atoms with Crippen LogP contribution in [0.25, 0.3) is 0 Å². The van der Waals surface area contributed by atoms with Gasteiger partial charge in [0.05, 0.1) is 6.61 Å². The molecule has 152 valence electrons. The monoisotopic (exact) mass is 433 g/mol. The lowest BCUT2D eigenvalue weighted by molar-refractivity contribution is -0.142. The Morgan fingerprint density at radius 1 is 0.862 bits per heavy atom. The van der Waals surface area contributed by atoms with Crippen LogP contribution in [0.5, 0.6) is 0 Å². The molecule has 9 heteroatoms. The van der Waals surface area contributed by atoms with Gasteiger partial charge in [0.15, 0.2) is 0 Å².